The average Bonchev–Trinajstić information content (AvgIpc) is 2.41. The monoisotopic (exact) mass is 224 g/mol. The Morgan fingerprint density at radius 1 is 0.824 bits per heavy atom. The number of carbonyl (C=O) groups excluding carboxylic acids is 2. The van der Waals surface area contributed by atoms with Gasteiger partial charge in [-0.2, -0.15) is 0 Å². The first-order valence-electron chi connectivity index (χ1n) is 5.42. The van der Waals surface area contributed by atoms with Crippen molar-refractivity contribution in [2.75, 3.05) is 0 Å². The van der Waals surface area contributed by atoms with Crippen molar-refractivity contribution in [3.05, 3.63) is 71.8 Å². The molecular formula is C15H12O2. The van der Waals surface area contributed by atoms with Gasteiger partial charge in [0.1, 0.15) is 0 Å². The number of aldehydes is 1. The molecule has 0 aromatic heterocycles. The van der Waals surface area contributed by atoms with Crippen molar-refractivity contribution in [1.29, 1.82) is 0 Å². The molecule has 0 N–H and O–H groups in total. The fourth-order valence-corrected chi connectivity index (χ4v) is 1.88. The molecule has 0 aliphatic rings. The van der Waals surface area contributed by atoms with Crippen LogP contribution in [0.25, 0.3) is 0 Å². The normalized spacial score (nSPS) is 10.2. The second-order valence-electron chi connectivity index (χ2n) is 3.77. The number of hydrogen-bond donors (Lipinski definition) is 0. The van der Waals surface area contributed by atoms with Crippen LogP contribution in [0.4, 0.5) is 0 Å². The third-order valence-electron chi connectivity index (χ3n) is 2.67. The molecule has 0 unspecified atom stereocenters. The van der Waals surface area contributed by atoms with Crippen LogP contribution in [0, 0.1) is 0 Å². The summed E-state index contributed by atoms with van der Waals surface area (Å²) in [6, 6.07) is 18.7. The first-order valence-corrected chi connectivity index (χ1v) is 5.42. The number of hydrogen-bond acceptors (Lipinski definition) is 2. The van der Waals surface area contributed by atoms with Gasteiger partial charge in [-0.3, -0.25) is 9.59 Å². The molecule has 0 radical (unpaired) electrons. The van der Waals surface area contributed by atoms with Crippen LogP contribution in [0.5, 0.6) is 0 Å². The number of ketones is 1. The van der Waals surface area contributed by atoms with Crippen LogP contribution >= 0.6 is 0 Å². The van der Waals surface area contributed by atoms with Gasteiger partial charge in [0.15, 0.2) is 6.29 Å². The smallest absolute Gasteiger partial charge is 0.206 e. The van der Waals surface area contributed by atoms with E-state index in [4.69, 9.17) is 0 Å². The Morgan fingerprint density at radius 2 is 1.24 bits per heavy atom. The molecule has 84 valence electrons. The summed E-state index contributed by atoms with van der Waals surface area (Å²) in [5.74, 6) is -0.905. The molecule has 17 heavy (non-hydrogen) atoms. The Bertz CT molecular complexity index is 463. The van der Waals surface area contributed by atoms with E-state index in [1.807, 2.05) is 60.7 Å². The number of Topliss-reactive ketones (excluding diaryl/α,β-unsaturated/α-hetero) is 1. The average molecular weight is 224 g/mol. The quantitative estimate of drug-likeness (QED) is 0.591. The van der Waals surface area contributed by atoms with Crippen LogP contribution in [0.1, 0.15) is 17.0 Å². The summed E-state index contributed by atoms with van der Waals surface area (Å²) in [7, 11) is 0. The molecule has 0 heterocycles. The zero-order chi connectivity index (χ0) is 12.1. The fourth-order valence-electron chi connectivity index (χ4n) is 1.88. The lowest BCUT2D eigenvalue weighted by Gasteiger charge is -2.13. The predicted molar refractivity (Wildman–Crippen MR) is 65.8 cm³/mol. The van der Waals surface area contributed by atoms with Gasteiger partial charge >= 0.3 is 0 Å². The summed E-state index contributed by atoms with van der Waals surface area (Å²) < 4.78 is 0. The van der Waals surface area contributed by atoms with E-state index in [0.29, 0.717) is 6.29 Å². The van der Waals surface area contributed by atoms with Gasteiger partial charge in [0, 0.05) is 0 Å². The van der Waals surface area contributed by atoms with Crippen molar-refractivity contribution in [3.63, 3.8) is 0 Å². The predicted octanol–water partition coefficient (Wildman–Crippen LogP) is 2.59. The summed E-state index contributed by atoms with van der Waals surface area (Å²) in [6.07, 6.45) is 0.394. The summed E-state index contributed by atoms with van der Waals surface area (Å²) in [6.45, 7) is 0. The van der Waals surface area contributed by atoms with E-state index < -0.39 is 11.7 Å². The van der Waals surface area contributed by atoms with Gasteiger partial charge < -0.3 is 0 Å². The van der Waals surface area contributed by atoms with Crippen molar-refractivity contribution in [1.82, 2.24) is 0 Å². The van der Waals surface area contributed by atoms with E-state index >= 15 is 0 Å². The van der Waals surface area contributed by atoms with Crippen LogP contribution in [0.3, 0.4) is 0 Å². The molecule has 2 nitrogen and oxygen atoms in total. The van der Waals surface area contributed by atoms with E-state index in [0.717, 1.165) is 11.1 Å². The van der Waals surface area contributed by atoms with Crippen molar-refractivity contribution in [3.8, 4) is 0 Å². The Kier molecular flexibility index (Phi) is 3.46. The van der Waals surface area contributed by atoms with E-state index in [-0.39, 0.29) is 0 Å². The zero-order valence-corrected chi connectivity index (χ0v) is 9.24. The van der Waals surface area contributed by atoms with Crippen LogP contribution in [-0.2, 0) is 9.59 Å². The lowest BCUT2D eigenvalue weighted by molar-refractivity contribution is -0.130. The van der Waals surface area contributed by atoms with Gasteiger partial charge in [-0.15, -0.1) is 0 Å². The lowest BCUT2D eigenvalue weighted by Crippen LogP contribution is -2.14. The second-order valence-corrected chi connectivity index (χ2v) is 3.77. The summed E-state index contributed by atoms with van der Waals surface area (Å²) in [5, 5.41) is 0. The Balaban J connectivity index is 2.47. The Morgan fingerprint density at radius 3 is 1.59 bits per heavy atom. The van der Waals surface area contributed by atoms with E-state index in [1.54, 1.807) is 0 Å². The maximum Gasteiger partial charge on any atom is 0.206 e. The molecule has 0 spiro atoms. The SMILES string of the molecule is O=CC(=O)C(c1ccccc1)c1ccccc1. The Labute approximate surface area is 99.9 Å². The second kappa shape index (κ2) is 5.21. The zero-order valence-electron chi connectivity index (χ0n) is 9.24. The fraction of sp³-hybridized carbons (Fsp3) is 0.0667. The number of carbonyl (C=O) groups is 2. The molecule has 0 aliphatic carbocycles. The van der Waals surface area contributed by atoms with E-state index in [9.17, 15) is 9.59 Å². The minimum atomic E-state index is -0.491. The first kappa shape index (κ1) is 11.3. The van der Waals surface area contributed by atoms with Crippen LogP contribution < -0.4 is 0 Å². The summed E-state index contributed by atoms with van der Waals surface area (Å²) in [5.41, 5.74) is 1.69. The largest absolute Gasteiger partial charge is 0.295 e. The molecular weight excluding hydrogens is 212 g/mol. The topological polar surface area (TPSA) is 34.1 Å². The molecule has 2 heteroatoms. The molecule has 2 aromatic rings. The molecule has 0 saturated carbocycles. The van der Waals surface area contributed by atoms with Gasteiger partial charge in [-0.05, 0) is 11.1 Å². The van der Waals surface area contributed by atoms with Gasteiger partial charge in [0.05, 0.1) is 5.92 Å². The minimum absolute atomic E-state index is 0.394. The molecule has 0 amide bonds. The highest BCUT2D eigenvalue weighted by molar-refractivity contribution is 6.28. The highest BCUT2D eigenvalue weighted by atomic mass is 16.2. The van der Waals surface area contributed by atoms with Crippen molar-refractivity contribution < 1.29 is 9.59 Å². The molecule has 2 rings (SSSR count). The number of rotatable bonds is 4. The van der Waals surface area contributed by atoms with Gasteiger partial charge in [-0.25, -0.2) is 0 Å². The molecule has 0 saturated heterocycles. The van der Waals surface area contributed by atoms with Gasteiger partial charge in [-0.1, -0.05) is 60.7 Å². The summed E-state index contributed by atoms with van der Waals surface area (Å²) in [4.78, 5) is 22.5. The molecule has 2 aromatic carbocycles. The van der Waals surface area contributed by atoms with Crippen molar-refractivity contribution in [2.24, 2.45) is 0 Å². The lowest BCUT2D eigenvalue weighted by atomic mass is 9.88. The highest BCUT2D eigenvalue weighted by Crippen LogP contribution is 2.24. The highest BCUT2D eigenvalue weighted by Gasteiger charge is 2.21. The molecule has 0 fully saturated rings. The third kappa shape index (κ3) is 2.48. The molecule has 0 aliphatic heterocycles. The van der Waals surface area contributed by atoms with Gasteiger partial charge in [0.25, 0.3) is 0 Å². The van der Waals surface area contributed by atoms with Crippen molar-refractivity contribution >= 4 is 12.1 Å². The Hall–Kier alpha value is -2.22. The van der Waals surface area contributed by atoms with Gasteiger partial charge in [0.2, 0.25) is 5.78 Å². The summed E-state index contributed by atoms with van der Waals surface area (Å²) >= 11 is 0. The van der Waals surface area contributed by atoms with Crippen LogP contribution in [0.2, 0.25) is 0 Å². The van der Waals surface area contributed by atoms with E-state index in [2.05, 4.69) is 0 Å². The van der Waals surface area contributed by atoms with Crippen LogP contribution in [0.15, 0.2) is 60.7 Å². The molecule has 0 atom stereocenters. The first-order chi connectivity index (χ1) is 8.33. The van der Waals surface area contributed by atoms with Crippen molar-refractivity contribution in [2.45, 2.75) is 5.92 Å². The third-order valence-corrected chi connectivity index (χ3v) is 2.67. The minimum Gasteiger partial charge on any atom is -0.295 e. The number of benzene rings is 2. The maximum atomic E-state index is 11.7. The van der Waals surface area contributed by atoms with Crippen LogP contribution in [-0.4, -0.2) is 12.1 Å². The standard InChI is InChI=1S/C15H12O2/c16-11-14(17)15(12-7-3-1-4-8-12)13-9-5-2-6-10-13/h1-11,15H. The molecule has 0 bridgehead atoms. The maximum absolute atomic E-state index is 11.7. The van der Waals surface area contributed by atoms with E-state index in [1.165, 1.54) is 0 Å².